The van der Waals surface area contributed by atoms with E-state index in [1.54, 1.807) is 25.3 Å². The highest BCUT2D eigenvalue weighted by Gasteiger charge is 2.13. The molecular formula is C14H21NO4Si. The molecule has 0 amide bonds. The topological polar surface area (TPSA) is 53.6 Å². The van der Waals surface area contributed by atoms with Crippen molar-refractivity contribution in [1.29, 1.82) is 0 Å². The zero-order chi connectivity index (χ0) is 14.8. The molecule has 0 aliphatic rings. The highest BCUT2D eigenvalue weighted by Crippen LogP contribution is 2.20. The summed E-state index contributed by atoms with van der Waals surface area (Å²) in [6, 6.07) is 6.35. The van der Waals surface area contributed by atoms with Gasteiger partial charge in [0.15, 0.2) is 5.58 Å². The van der Waals surface area contributed by atoms with Crippen LogP contribution in [0, 0.1) is 0 Å². The predicted octanol–water partition coefficient (Wildman–Crippen LogP) is 2.92. The lowest BCUT2D eigenvalue weighted by Gasteiger charge is -2.15. The van der Waals surface area contributed by atoms with E-state index in [4.69, 9.17) is 13.9 Å². The lowest BCUT2D eigenvalue weighted by atomic mass is 10.3. The Bertz CT molecular complexity index is 639. The largest absolute Gasteiger partial charge is 0.497 e. The minimum Gasteiger partial charge on any atom is -0.497 e. The lowest BCUT2D eigenvalue weighted by molar-refractivity contribution is 0.0850. The van der Waals surface area contributed by atoms with Crippen molar-refractivity contribution in [2.24, 2.45) is 0 Å². The summed E-state index contributed by atoms with van der Waals surface area (Å²) in [5.41, 5.74) is 1.24. The van der Waals surface area contributed by atoms with Crippen LogP contribution in [0.3, 0.4) is 0 Å². The molecule has 6 heteroatoms. The number of fused-ring (bicyclic) bond motifs is 1. The standard InChI is InChI=1S/C14H21NO4Si/c1-17-11-5-6-13-12(9-11)15(14(16)19-13)10-18-7-8-20(2,3)4/h5-6,9H,7-8,10H2,1-4H3. The van der Waals surface area contributed by atoms with Gasteiger partial charge in [-0.15, -0.1) is 0 Å². The van der Waals surface area contributed by atoms with Gasteiger partial charge in [0.25, 0.3) is 0 Å². The van der Waals surface area contributed by atoms with E-state index in [0.29, 0.717) is 23.5 Å². The number of hydrogen-bond donors (Lipinski definition) is 0. The molecule has 0 spiro atoms. The van der Waals surface area contributed by atoms with E-state index in [9.17, 15) is 4.79 Å². The number of hydrogen-bond acceptors (Lipinski definition) is 4. The Morgan fingerprint density at radius 1 is 1.30 bits per heavy atom. The van der Waals surface area contributed by atoms with Crippen LogP contribution in [0.4, 0.5) is 0 Å². The Kier molecular flexibility index (Phi) is 4.34. The molecule has 0 atom stereocenters. The van der Waals surface area contributed by atoms with E-state index in [1.807, 2.05) is 0 Å². The van der Waals surface area contributed by atoms with E-state index in [0.717, 1.165) is 6.04 Å². The number of rotatable bonds is 6. The Hall–Kier alpha value is -1.53. The van der Waals surface area contributed by atoms with Crippen molar-refractivity contribution >= 4 is 19.2 Å². The first-order valence-corrected chi connectivity index (χ1v) is 10.4. The van der Waals surface area contributed by atoms with Crippen LogP contribution in [0.2, 0.25) is 25.7 Å². The highest BCUT2D eigenvalue weighted by atomic mass is 28.3. The van der Waals surface area contributed by atoms with E-state index in [-0.39, 0.29) is 6.73 Å². The Morgan fingerprint density at radius 2 is 2.05 bits per heavy atom. The average Bonchev–Trinajstić information content (AvgIpc) is 2.68. The molecular weight excluding hydrogens is 274 g/mol. The molecule has 0 N–H and O–H groups in total. The molecule has 0 aliphatic heterocycles. The summed E-state index contributed by atoms with van der Waals surface area (Å²) in [5.74, 6) is 0.287. The first-order chi connectivity index (χ1) is 9.40. The van der Waals surface area contributed by atoms with Crippen molar-refractivity contribution < 1.29 is 13.9 Å². The van der Waals surface area contributed by atoms with Gasteiger partial charge < -0.3 is 13.9 Å². The second kappa shape index (κ2) is 5.84. The number of oxazole rings is 1. The summed E-state index contributed by atoms with van der Waals surface area (Å²) in [6.07, 6.45) is 0. The molecule has 5 nitrogen and oxygen atoms in total. The maximum atomic E-state index is 11.8. The summed E-state index contributed by atoms with van der Waals surface area (Å²) in [5, 5.41) is 0. The van der Waals surface area contributed by atoms with Crippen LogP contribution >= 0.6 is 0 Å². The Balaban J connectivity index is 2.13. The zero-order valence-corrected chi connectivity index (χ0v) is 13.4. The third-order valence-corrected chi connectivity index (χ3v) is 4.80. The van der Waals surface area contributed by atoms with Gasteiger partial charge in [-0.3, -0.25) is 0 Å². The quantitative estimate of drug-likeness (QED) is 0.607. The maximum absolute atomic E-state index is 11.8. The van der Waals surface area contributed by atoms with Crippen molar-refractivity contribution in [2.75, 3.05) is 13.7 Å². The number of methoxy groups -OCH3 is 1. The molecule has 1 aromatic heterocycles. The second-order valence-corrected chi connectivity index (χ2v) is 11.6. The number of benzene rings is 1. The summed E-state index contributed by atoms with van der Waals surface area (Å²) in [4.78, 5) is 11.8. The van der Waals surface area contributed by atoms with Gasteiger partial charge in [0.1, 0.15) is 12.5 Å². The first-order valence-electron chi connectivity index (χ1n) is 6.66. The summed E-state index contributed by atoms with van der Waals surface area (Å²) >= 11 is 0. The predicted molar refractivity (Wildman–Crippen MR) is 81.1 cm³/mol. The van der Waals surface area contributed by atoms with Crippen molar-refractivity contribution in [3.05, 3.63) is 28.7 Å². The van der Waals surface area contributed by atoms with Crippen LogP contribution in [0.5, 0.6) is 5.75 Å². The van der Waals surface area contributed by atoms with Crippen molar-refractivity contribution in [1.82, 2.24) is 4.57 Å². The fraction of sp³-hybridized carbons (Fsp3) is 0.500. The lowest BCUT2D eigenvalue weighted by Crippen LogP contribution is -2.23. The smallest absolute Gasteiger partial charge is 0.421 e. The molecule has 0 radical (unpaired) electrons. The van der Waals surface area contributed by atoms with Gasteiger partial charge in [0.2, 0.25) is 0 Å². The van der Waals surface area contributed by atoms with Crippen LogP contribution in [0.15, 0.2) is 27.4 Å². The third-order valence-electron chi connectivity index (χ3n) is 3.09. The van der Waals surface area contributed by atoms with Gasteiger partial charge >= 0.3 is 5.76 Å². The van der Waals surface area contributed by atoms with Crippen LogP contribution in [0.25, 0.3) is 11.1 Å². The molecule has 1 heterocycles. The van der Waals surface area contributed by atoms with Crippen LogP contribution in [0.1, 0.15) is 0 Å². The molecule has 0 bridgehead atoms. The van der Waals surface area contributed by atoms with Gasteiger partial charge in [-0.2, -0.15) is 0 Å². The van der Waals surface area contributed by atoms with Crippen molar-refractivity contribution in [3.63, 3.8) is 0 Å². The summed E-state index contributed by atoms with van der Waals surface area (Å²) in [6.45, 7) is 7.75. The summed E-state index contributed by atoms with van der Waals surface area (Å²) in [7, 11) is 0.474. The monoisotopic (exact) mass is 295 g/mol. The molecule has 110 valence electrons. The van der Waals surface area contributed by atoms with Gasteiger partial charge in [0, 0.05) is 20.7 Å². The van der Waals surface area contributed by atoms with Gasteiger partial charge in [0.05, 0.1) is 12.6 Å². The molecule has 0 fully saturated rings. The first kappa shape index (κ1) is 14.9. The molecule has 0 unspecified atom stereocenters. The number of nitrogens with zero attached hydrogens (tertiary/aromatic N) is 1. The molecule has 0 saturated carbocycles. The Morgan fingerprint density at radius 3 is 2.70 bits per heavy atom. The molecule has 0 aliphatic carbocycles. The third kappa shape index (κ3) is 3.52. The minimum absolute atomic E-state index is 0.212. The molecule has 20 heavy (non-hydrogen) atoms. The van der Waals surface area contributed by atoms with Crippen LogP contribution < -0.4 is 10.5 Å². The van der Waals surface area contributed by atoms with Crippen molar-refractivity contribution in [3.8, 4) is 5.75 Å². The van der Waals surface area contributed by atoms with Crippen LogP contribution in [-0.2, 0) is 11.5 Å². The average molecular weight is 295 g/mol. The van der Waals surface area contributed by atoms with Gasteiger partial charge in [-0.1, -0.05) is 19.6 Å². The Labute approximate surface area is 119 Å². The minimum atomic E-state index is -1.12. The van der Waals surface area contributed by atoms with E-state index >= 15 is 0 Å². The van der Waals surface area contributed by atoms with Crippen LogP contribution in [-0.4, -0.2) is 26.4 Å². The molecule has 0 saturated heterocycles. The second-order valence-electron chi connectivity index (χ2n) is 5.98. The van der Waals surface area contributed by atoms with E-state index in [2.05, 4.69) is 19.6 Å². The summed E-state index contributed by atoms with van der Waals surface area (Å²) < 4.78 is 17.4. The fourth-order valence-electron chi connectivity index (χ4n) is 1.83. The number of ether oxygens (including phenoxy) is 2. The van der Waals surface area contributed by atoms with Gasteiger partial charge in [-0.05, 0) is 18.2 Å². The normalized spacial score (nSPS) is 12.0. The molecule has 2 rings (SSSR count). The van der Waals surface area contributed by atoms with E-state index < -0.39 is 13.8 Å². The SMILES string of the molecule is COc1ccc2oc(=O)n(COCC[Si](C)(C)C)c2c1. The molecule has 2 aromatic rings. The zero-order valence-electron chi connectivity index (χ0n) is 12.4. The van der Waals surface area contributed by atoms with Gasteiger partial charge in [-0.25, -0.2) is 9.36 Å². The molecule has 1 aromatic carbocycles. The number of aromatic nitrogens is 1. The maximum Gasteiger partial charge on any atom is 0.421 e. The van der Waals surface area contributed by atoms with E-state index in [1.165, 1.54) is 4.57 Å². The van der Waals surface area contributed by atoms with Crippen molar-refractivity contribution in [2.45, 2.75) is 32.4 Å². The fourth-order valence-corrected chi connectivity index (χ4v) is 2.58. The highest BCUT2D eigenvalue weighted by molar-refractivity contribution is 6.76.